The molecule has 0 aliphatic carbocycles. The van der Waals surface area contributed by atoms with E-state index < -0.39 is 12.0 Å². The molecule has 0 bridgehead atoms. The molecule has 4 heteroatoms. The molecular weight excluding hydrogens is 374 g/mol. The summed E-state index contributed by atoms with van der Waals surface area (Å²) < 4.78 is 5.39. The molecule has 3 aromatic carbocycles. The first-order chi connectivity index (χ1) is 14.7. The van der Waals surface area contributed by atoms with Crippen molar-refractivity contribution < 1.29 is 14.3 Å². The molecule has 0 saturated heterocycles. The molecule has 0 saturated carbocycles. The van der Waals surface area contributed by atoms with Crippen molar-refractivity contribution in [2.45, 2.75) is 19.4 Å². The van der Waals surface area contributed by atoms with Gasteiger partial charge < -0.3 is 4.74 Å². The number of esters is 1. The molecule has 30 heavy (non-hydrogen) atoms. The number of nitrogens with zero attached hydrogens (tertiary/aromatic N) is 1. The van der Waals surface area contributed by atoms with E-state index in [1.807, 2.05) is 72.8 Å². The summed E-state index contributed by atoms with van der Waals surface area (Å²) in [7, 11) is 0. The lowest BCUT2D eigenvalue weighted by molar-refractivity contribution is -0.144. The van der Waals surface area contributed by atoms with Gasteiger partial charge in [0.05, 0.1) is 6.61 Å². The van der Waals surface area contributed by atoms with Crippen molar-refractivity contribution >= 4 is 17.6 Å². The Labute approximate surface area is 177 Å². The Morgan fingerprint density at radius 3 is 2.17 bits per heavy atom. The maximum absolute atomic E-state index is 13.7. The predicted octanol–water partition coefficient (Wildman–Crippen LogP) is 5.37. The van der Waals surface area contributed by atoms with Crippen molar-refractivity contribution in [3.05, 3.63) is 114 Å². The molecule has 0 aromatic heterocycles. The SMILES string of the molecule is C=CCc1ccccc1N(C(=O)c1ccccc1)C(C(=O)OCC)c1ccccc1. The van der Waals surface area contributed by atoms with Crippen LogP contribution in [0.15, 0.2) is 97.6 Å². The van der Waals surface area contributed by atoms with Gasteiger partial charge in [0.1, 0.15) is 0 Å². The maximum atomic E-state index is 13.7. The first kappa shape index (κ1) is 21.1. The summed E-state index contributed by atoms with van der Waals surface area (Å²) in [6, 6.07) is 24.9. The molecule has 1 atom stereocenters. The van der Waals surface area contributed by atoms with Crippen LogP contribution >= 0.6 is 0 Å². The zero-order chi connectivity index (χ0) is 21.3. The number of allylic oxidation sites excluding steroid dienone is 1. The molecule has 152 valence electrons. The van der Waals surface area contributed by atoms with Crippen LogP contribution in [0.2, 0.25) is 0 Å². The van der Waals surface area contributed by atoms with Gasteiger partial charge in [0.15, 0.2) is 6.04 Å². The van der Waals surface area contributed by atoms with E-state index >= 15 is 0 Å². The Morgan fingerprint density at radius 1 is 0.933 bits per heavy atom. The topological polar surface area (TPSA) is 46.6 Å². The number of amides is 1. The fraction of sp³-hybridized carbons (Fsp3) is 0.154. The second-order valence-corrected chi connectivity index (χ2v) is 6.73. The van der Waals surface area contributed by atoms with E-state index in [0.717, 1.165) is 5.56 Å². The molecule has 4 nitrogen and oxygen atoms in total. The summed E-state index contributed by atoms with van der Waals surface area (Å²) in [5.41, 5.74) is 2.75. The average Bonchev–Trinajstić information content (AvgIpc) is 2.79. The zero-order valence-corrected chi connectivity index (χ0v) is 17.0. The standard InChI is InChI=1S/C26H25NO3/c1-3-13-20-14-11-12-19-23(20)27(25(28)22-17-9-6-10-18-22)24(26(29)30-4-2)21-15-7-5-8-16-21/h3,5-12,14-19,24H,1,4,13H2,2H3. The molecule has 0 heterocycles. The van der Waals surface area contributed by atoms with Crippen molar-refractivity contribution in [3.63, 3.8) is 0 Å². The highest BCUT2D eigenvalue weighted by molar-refractivity contribution is 6.10. The number of para-hydroxylation sites is 1. The lowest BCUT2D eigenvalue weighted by Crippen LogP contribution is -2.40. The summed E-state index contributed by atoms with van der Waals surface area (Å²) in [6.45, 7) is 5.82. The monoisotopic (exact) mass is 399 g/mol. The van der Waals surface area contributed by atoms with Gasteiger partial charge in [-0.15, -0.1) is 6.58 Å². The number of carbonyl (C=O) groups is 2. The number of carbonyl (C=O) groups excluding carboxylic acids is 2. The Balaban J connectivity index is 2.22. The van der Waals surface area contributed by atoms with Gasteiger partial charge >= 0.3 is 5.97 Å². The first-order valence-corrected chi connectivity index (χ1v) is 9.96. The number of rotatable bonds is 8. The molecule has 0 fully saturated rings. The van der Waals surface area contributed by atoms with E-state index in [1.54, 1.807) is 30.0 Å². The number of hydrogen-bond donors (Lipinski definition) is 0. The average molecular weight is 399 g/mol. The zero-order valence-electron chi connectivity index (χ0n) is 17.0. The van der Waals surface area contributed by atoms with Crippen LogP contribution in [0.5, 0.6) is 0 Å². The van der Waals surface area contributed by atoms with Crippen LogP contribution in [0, 0.1) is 0 Å². The van der Waals surface area contributed by atoms with E-state index in [0.29, 0.717) is 23.2 Å². The van der Waals surface area contributed by atoms with E-state index in [2.05, 4.69) is 6.58 Å². The van der Waals surface area contributed by atoms with Crippen molar-refractivity contribution in [1.82, 2.24) is 0 Å². The minimum Gasteiger partial charge on any atom is -0.464 e. The highest BCUT2D eigenvalue weighted by Gasteiger charge is 2.35. The fourth-order valence-electron chi connectivity index (χ4n) is 3.41. The number of anilines is 1. The molecule has 0 aliphatic rings. The molecule has 1 amide bonds. The molecule has 0 spiro atoms. The number of hydrogen-bond acceptors (Lipinski definition) is 3. The predicted molar refractivity (Wildman–Crippen MR) is 119 cm³/mol. The van der Waals surface area contributed by atoms with Crippen LogP contribution in [0.3, 0.4) is 0 Å². The van der Waals surface area contributed by atoms with Crippen LogP contribution < -0.4 is 4.90 Å². The second-order valence-electron chi connectivity index (χ2n) is 6.73. The molecule has 0 N–H and O–H groups in total. The van der Waals surface area contributed by atoms with Gasteiger partial charge in [0, 0.05) is 11.3 Å². The van der Waals surface area contributed by atoms with Crippen molar-refractivity contribution in [1.29, 1.82) is 0 Å². The fourth-order valence-corrected chi connectivity index (χ4v) is 3.41. The molecule has 3 rings (SSSR count). The summed E-state index contributed by atoms with van der Waals surface area (Å²) in [5, 5.41) is 0. The van der Waals surface area contributed by atoms with E-state index in [4.69, 9.17) is 4.74 Å². The Morgan fingerprint density at radius 2 is 1.53 bits per heavy atom. The largest absolute Gasteiger partial charge is 0.464 e. The van der Waals surface area contributed by atoms with Gasteiger partial charge in [-0.05, 0) is 42.7 Å². The van der Waals surface area contributed by atoms with Gasteiger partial charge in [-0.1, -0.05) is 72.8 Å². The summed E-state index contributed by atoms with van der Waals surface area (Å²) in [5.74, 6) is -0.740. The van der Waals surface area contributed by atoms with Gasteiger partial charge in [-0.2, -0.15) is 0 Å². The van der Waals surface area contributed by atoms with Crippen molar-refractivity contribution in [3.8, 4) is 0 Å². The van der Waals surface area contributed by atoms with Crippen LogP contribution in [-0.2, 0) is 16.0 Å². The highest BCUT2D eigenvalue weighted by Crippen LogP contribution is 2.33. The lowest BCUT2D eigenvalue weighted by Gasteiger charge is -2.32. The number of ether oxygens (including phenoxy) is 1. The Kier molecular flexibility index (Phi) is 7.17. The summed E-state index contributed by atoms with van der Waals surface area (Å²) >= 11 is 0. The first-order valence-electron chi connectivity index (χ1n) is 9.96. The van der Waals surface area contributed by atoms with Crippen LogP contribution in [0.1, 0.15) is 34.5 Å². The van der Waals surface area contributed by atoms with Crippen molar-refractivity contribution in [2.24, 2.45) is 0 Å². The Bertz CT molecular complexity index is 999. The second kappa shape index (κ2) is 10.2. The minimum absolute atomic E-state index is 0.226. The Hall–Kier alpha value is -3.66. The van der Waals surface area contributed by atoms with Gasteiger partial charge in [-0.25, -0.2) is 4.79 Å². The smallest absolute Gasteiger partial charge is 0.333 e. The highest BCUT2D eigenvalue weighted by atomic mass is 16.5. The minimum atomic E-state index is -0.912. The molecule has 3 aromatic rings. The maximum Gasteiger partial charge on any atom is 0.333 e. The van der Waals surface area contributed by atoms with Crippen LogP contribution in [0.25, 0.3) is 0 Å². The normalized spacial score (nSPS) is 11.4. The molecule has 0 aliphatic heterocycles. The summed E-state index contributed by atoms with van der Waals surface area (Å²) in [4.78, 5) is 28.4. The van der Waals surface area contributed by atoms with Crippen LogP contribution in [-0.4, -0.2) is 18.5 Å². The quantitative estimate of drug-likeness (QED) is 0.378. The van der Waals surface area contributed by atoms with E-state index in [1.165, 1.54) is 0 Å². The molecule has 1 unspecified atom stereocenters. The molecule has 0 radical (unpaired) electrons. The third-order valence-corrected chi connectivity index (χ3v) is 4.74. The number of benzene rings is 3. The van der Waals surface area contributed by atoms with E-state index in [-0.39, 0.29) is 12.5 Å². The van der Waals surface area contributed by atoms with Gasteiger partial charge in [0.2, 0.25) is 0 Å². The van der Waals surface area contributed by atoms with Gasteiger partial charge in [-0.3, -0.25) is 9.69 Å². The lowest BCUT2D eigenvalue weighted by atomic mass is 10.00. The van der Waals surface area contributed by atoms with Crippen molar-refractivity contribution in [2.75, 3.05) is 11.5 Å². The third kappa shape index (κ3) is 4.66. The third-order valence-electron chi connectivity index (χ3n) is 4.74. The van der Waals surface area contributed by atoms with Gasteiger partial charge in [0.25, 0.3) is 5.91 Å². The summed E-state index contributed by atoms with van der Waals surface area (Å²) in [6.07, 6.45) is 2.35. The van der Waals surface area contributed by atoms with Crippen LogP contribution in [0.4, 0.5) is 5.69 Å². The molecular formula is C26H25NO3. The van der Waals surface area contributed by atoms with E-state index in [9.17, 15) is 9.59 Å².